The summed E-state index contributed by atoms with van der Waals surface area (Å²) in [6.07, 6.45) is 5.78. The first-order chi connectivity index (χ1) is 8.35. The summed E-state index contributed by atoms with van der Waals surface area (Å²) >= 11 is 0. The van der Waals surface area contributed by atoms with Crippen LogP contribution in [0, 0.1) is 0 Å². The Labute approximate surface area is 104 Å². The number of anilines is 1. The Hall–Kier alpha value is -1.09. The van der Waals surface area contributed by atoms with Crippen molar-refractivity contribution in [2.45, 2.75) is 45.7 Å². The quantitative estimate of drug-likeness (QED) is 0.847. The molecule has 1 N–H and O–H groups in total. The van der Waals surface area contributed by atoms with E-state index in [2.05, 4.69) is 41.2 Å². The fourth-order valence-corrected chi connectivity index (χ4v) is 2.56. The Balaban J connectivity index is 2.09. The normalized spacial score (nSPS) is 19.9. The second-order valence-corrected chi connectivity index (χ2v) is 4.70. The predicted molar refractivity (Wildman–Crippen MR) is 72.3 cm³/mol. The van der Waals surface area contributed by atoms with Crippen LogP contribution in [-0.2, 0) is 6.54 Å². The van der Waals surface area contributed by atoms with Crippen molar-refractivity contribution in [2.75, 3.05) is 18.0 Å². The molecular formula is C14H23N3. The molecule has 1 aliphatic heterocycles. The van der Waals surface area contributed by atoms with Crippen LogP contribution in [0.2, 0.25) is 0 Å². The Bertz CT molecular complexity index is 351. The van der Waals surface area contributed by atoms with Crippen molar-refractivity contribution in [1.82, 2.24) is 10.3 Å². The minimum atomic E-state index is 0.692. The maximum atomic E-state index is 4.53. The van der Waals surface area contributed by atoms with Gasteiger partial charge in [0.15, 0.2) is 0 Å². The largest absolute Gasteiger partial charge is 0.354 e. The Kier molecular flexibility index (Phi) is 4.37. The molecule has 3 nitrogen and oxygen atoms in total. The average molecular weight is 233 g/mol. The van der Waals surface area contributed by atoms with E-state index >= 15 is 0 Å². The van der Waals surface area contributed by atoms with Gasteiger partial charge in [-0.25, -0.2) is 4.98 Å². The molecule has 0 aliphatic carbocycles. The summed E-state index contributed by atoms with van der Waals surface area (Å²) in [7, 11) is 0. The molecule has 94 valence electrons. The van der Waals surface area contributed by atoms with E-state index in [0.29, 0.717) is 6.04 Å². The molecule has 2 rings (SSSR count). The van der Waals surface area contributed by atoms with Crippen LogP contribution < -0.4 is 10.2 Å². The summed E-state index contributed by atoms with van der Waals surface area (Å²) in [6.45, 7) is 7.52. The lowest BCUT2D eigenvalue weighted by atomic mass is 10.1. The average Bonchev–Trinajstić information content (AvgIpc) is 2.85. The summed E-state index contributed by atoms with van der Waals surface area (Å²) in [5.41, 5.74) is 1.33. The van der Waals surface area contributed by atoms with Crippen molar-refractivity contribution in [3.05, 3.63) is 23.9 Å². The van der Waals surface area contributed by atoms with Crippen molar-refractivity contribution in [3.8, 4) is 0 Å². The number of aromatic nitrogens is 1. The van der Waals surface area contributed by atoms with Crippen molar-refractivity contribution in [1.29, 1.82) is 0 Å². The van der Waals surface area contributed by atoms with Gasteiger partial charge >= 0.3 is 0 Å². The highest BCUT2D eigenvalue weighted by molar-refractivity contribution is 5.43. The van der Waals surface area contributed by atoms with Gasteiger partial charge in [-0.3, -0.25) is 0 Å². The van der Waals surface area contributed by atoms with Gasteiger partial charge in [-0.1, -0.05) is 13.8 Å². The second kappa shape index (κ2) is 6.01. The molecule has 0 spiro atoms. The molecule has 1 aromatic heterocycles. The molecule has 1 atom stereocenters. The van der Waals surface area contributed by atoms with Gasteiger partial charge < -0.3 is 10.2 Å². The molecule has 0 radical (unpaired) electrons. The second-order valence-electron chi connectivity index (χ2n) is 4.70. The van der Waals surface area contributed by atoms with Gasteiger partial charge in [-0.2, -0.15) is 0 Å². The molecule has 1 aliphatic rings. The molecule has 17 heavy (non-hydrogen) atoms. The van der Waals surface area contributed by atoms with Gasteiger partial charge in [-0.05, 0) is 43.5 Å². The van der Waals surface area contributed by atoms with E-state index in [0.717, 1.165) is 25.5 Å². The van der Waals surface area contributed by atoms with Gasteiger partial charge in [0, 0.05) is 25.3 Å². The molecule has 1 saturated heterocycles. The number of nitrogens with one attached hydrogen (secondary N) is 1. The molecule has 1 aromatic rings. The SMILES string of the molecule is CCNCc1ccnc(N2CCCC2CC)c1. The van der Waals surface area contributed by atoms with Gasteiger partial charge in [-0.15, -0.1) is 0 Å². The minimum absolute atomic E-state index is 0.692. The lowest BCUT2D eigenvalue weighted by Crippen LogP contribution is -2.29. The van der Waals surface area contributed by atoms with Gasteiger partial charge in [0.05, 0.1) is 0 Å². The zero-order valence-electron chi connectivity index (χ0n) is 10.9. The van der Waals surface area contributed by atoms with Crippen molar-refractivity contribution >= 4 is 5.82 Å². The Morgan fingerprint density at radius 1 is 1.47 bits per heavy atom. The van der Waals surface area contributed by atoms with E-state index in [1.54, 1.807) is 0 Å². The standard InChI is InChI=1S/C14H23N3/c1-3-13-6-5-9-17(13)14-10-12(7-8-16-14)11-15-4-2/h7-8,10,13,15H,3-6,9,11H2,1-2H3. The predicted octanol–water partition coefficient (Wildman–Crippen LogP) is 2.57. The first-order valence-electron chi connectivity index (χ1n) is 6.77. The van der Waals surface area contributed by atoms with Gasteiger partial charge in [0.1, 0.15) is 5.82 Å². The van der Waals surface area contributed by atoms with Crippen LogP contribution >= 0.6 is 0 Å². The molecule has 1 fully saturated rings. The summed E-state index contributed by atoms with van der Waals surface area (Å²) in [5, 5.41) is 3.36. The Morgan fingerprint density at radius 3 is 3.12 bits per heavy atom. The highest BCUT2D eigenvalue weighted by atomic mass is 15.2. The smallest absolute Gasteiger partial charge is 0.129 e. The van der Waals surface area contributed by atoms with E-state index in [9.17, 15) is 0 Å². The summed E-state index contributed by atoms with van der Waals surface area (Å²) < 4.78 is 0. The van der Waals surface area contributed by atoms with Crippen LogP contribution in [0.5, 0.6) is 0 Å². The van der Waals surface area contributed by atoms with Crippen LogP contribution in [-0.4, -0.2) is 24.1 Å². The molecule has 0 bridgehead atoms. The van der Waals surface area contributed by atoms with Crippen LogP contribution in [0.4, 0.5) is 5.82 Å². The third-order valence-corrected chi connectivity index (χ3v) is 3.53. The molecule has 3 heteroatoms. The zero-order chi connectivity index (χ0) is 12.1. The van der Waals surface area contributed by atoms with Crippen molar-refractivity contribution in [2.24, 2.45) is 0 Å². The monoisotopic (exact) mass is 233 g/mol. The molecule has 2 heterocycles. The fourth-order valence-electron chi connectivity index (χ4n) is 2.56. The third kappa shape index (κ3) is 2.97. The number of rotatable bonds is 5. The van der Waals surface area contributed by atoms with E-state index in [1.807, 2.05) is 6.20 Å². The zero-order valence-corrected chi connectivity index (χ0v) is 10.9. The highest BCUT2D eigenvalue weighted by Gasteiger charge is 2.23. The lowest BCUT2D eigenvalue weighted by Gasteiger charge is -2.25. The van der Waals surface area contributed by atoms with Crippen molar-refractivity contribution < 1.29 is 0 Å². The number of hydrogen-bond acceptors (Lipinski definition) is 3. The van der Waals surface area contributed by atoms with Crippen LogP contribution in [0.3, 0.4) is 0 Å². The minimum Gasteiger partial charge on any atom is -0.354 e. The lowest BCUT2D eigenvalue weighted by molar-refractivity contribution is 0.639. The van der Waals surface area contributed by atoms with E-state index in [-0.39, 0.29) is 0 Å². The van der Waals surface area contributed by atoms with E-state index in [4.69, 9.17) is 0 Å². The topological polar surface area (TPSA) is 28.2 Å². The fraction of sp³-hybridized carbons (Fsp3) is 0.643. The molecule has 0 saturated carbocycles. The first-order valence-corrected chi connectivity index (χ1v) is 6.77. The number of hydrogen-bond donors (Lipinski definition) is 1. The molecular weight excluding hydrogens is 210 g/mol. The van der Waals surface area contributed by atoms with E-state index in [1.165, 1.54) is 24.8 Å². The van der Waals surface area contributed by atoms with Crippen molar-refractivity contribution in [3.63, 3.8) is 0 Å². The third-order valence-electron chi connectivity index (χ3n) is 3.53. The number of pyridine rings is 1. The Morgan fingerprint density at radius 2 is 2.35 bits per heavy atom. The van der Waals surface area contributed by atoms with Crippen LogP contribution in [0.15, 0.2) is 18.3 Å². The molecule has 0 aromatic carbocycles. The van der Waals surface area contributed by atoms with E-state index < -0.39 is 0 Å². The molecule has 1 unspecified atom stereocenters. The maximum absolute atomic E-state index is 4.53. The highest BCUT2D eigenvalue weighted by Crippen LogP contribution is 2.25. The molecule has 0 amide bonds. The van der Waals surface area contributed by atoms with Gasteiger partial charge in [0.2, 0.25) is 0 Å². The summed E-state index contributed by atoms with van der Waals surface area (Å²) in [6, 6.07) is 5.02. The summed E-state index contributed by atoms with van der Waals surface area (Å²) in [5.74, 6) is 1.16. The van der Waals surface area contributed by atoms with Crippen LogP contribution in [0.1, 0.15) is 38.7 Å². The summed E-state index contributed by atoms with van der Waals surface area (Å²) in [4.78, 5) is 6.99. The number of nitrogens with zero attached hydrogens (tertiary/aromatic N) is 2. The van der Waals surface area contributed by atoms with Crippen LogP contribution in [0.25, 0.3) is 0 Å². The first kappa shape index (κ1) is 12.4. The van der Waals surface area contributed by atoms with Gasteiger partial charge in [0.25, 0.3) is 0 Å². The maximum Gasteiger partial charge on any atom is 0.129 e.